The maximum absolute atomic E-state index is 13.2. The molecule has 19 heteroatoms. The minimum absolute atomic E-state index is 0.0493. The van der Waals surface area contributed by atoms with Crippen molar-refractivity contribution in [2.75, 3.05) is 46.2 Å². The number of ketones is 1. The summed E-state index contributed by atoms with van der Waals surface area (Å²) in [5, 5.41) is 55.1. The van der Waals surface area contributed by atoms with Crippen molar-refractivity contribution in [3.05, 3.63) is 53.6 Å². The lowest BCUT2D eigenvalue weighted by molar-refractivity contribution is -0.301. The Bertz CT molecular complexity index is 1610. The first kappa shape index (κ1) is 46.2. The zero-order valence-electron chi connectivity index (χ0n) is 32.0. The molecular weight excluding hydrogens is 743 g/mol. The van der Waals surface area contributed by atoms with Crippen LogP contribution < -0.4 is 10.6 Å². The molecule has 2 aromatic carbocycles. The third kappa shape index (κ3) is 16.0. The molecule has 0 radical (unpaired) electrons. The lowest BCUT2D eigenvalue weighted by Gasteiger charge is -2.40. The zero-order chi connectivity index (χ0) is 41.0. The van der Waals surface area contributed by atoms with Crippen molar-refractivity contribution in [1.29, 1.82) is 0 Å². The zero-order valence-corrected chi connectivity index (χ0v) is 32.8. The van der Waals surface area contributed by atoms with Gasteiger partial charge in [-0.25, -0.2) is 4.57 Å². The number of carbonyl (C=O) groups is 2. The number of phosphoric ester groups is 1. The van der Waals surface area contributed by atoms with Crippen molar-refractivity contribution in [3.8, 4) is 5.75 Å². The number of benzene rings is 2. The number of aliphatic hydroxyl groups excluding tert-OH is 3. The molecule has 6 atom stereocenters. The summed E-state index contributed by atoms with van der Waals surface area (Å²) in [5.41, 5.74) is 1.08. The molecule has 8 N–H and O–H groups in total. The second kappa shape index (κ2) is 20.8. The van der Waals surface area contributed by atoms with E-state index in [-0.39, 0.29) is 68.2 Å². The van der Waals surface area contributed by atoms with Crippen LogP contribution in [0.1, 0.15) is 57.5 Å². The maximum Gasteiger partial charge on any atom is 0.469 e. The molecule has 0 bridgehead atoms. The molecule has 18 nitrogen and oxygen atoms in total. The van der Waals surface area contributed by atoms with E-state index in [1.54, 1.807) is 36.4 Å². The van der Waals surface area contributed by atoms with Crippen LogP contribution in [0, 0.1) is 5.41 Å². The van der Waals surface area contributed by atoms with Crippen molar-refractivity contribution >= 4 is 30.9 Å². The van der Waals surface area contributed by atoms with Crippen LogP contribution in [-0.4, -0.2) is 130 Å². The first-order valence-corrected chi connectivity index (χ1v) is 19.3. The molecular formula is C36H55N4O14P. The van der Waals surface area contributed by atoms with Crippen LogP contribution in [-0.2, 0) is 39.3 Å². The summed E-state index contributed by atoms with van der Waals surface area (Å²) in [5.74, 6) is -0.305. The van der Waals surface area contributed by atoms with Crippen molar-refractivity contribution in [1.82, 2.24) is 10.6 Å². The molecule has 0 spiro atoms. The lowest BCUT2D eigenvalue weighted by atomic mass is 9.83. The van der Waals surface area contributed by atoms with Crippen molar-refractivity contribution in [2.45, 2.75) is 90.2 Å². The predicted molar refractivity (Wildman–Crippen MR) is 198 cm³/mol. The van der Waals surface area contributed by atoms with Gasteiger partial charge in [0.05, 0.1) is 51.4 Å². The number of hydrogen-bond acceptors (Lipinski definition) is 15. The van der Waals surface area contributed by atoms with Crippen LogP contribution in [0.15, 0.2) is 52.7 Å². The molecule has 308 valence electrons. The number of nitrogens with one attached hydrogen (secondary N) is 2. The van der Waals surface area contributed by atoms with Gasteiger partial charge in [-0.2, -0.15) is 5.11 Å². The standard InChI is InChI=1S/C36H55N4O14P/c1-35(2,3)32(45)26(38-36(4,5)6)20-22-7-12-27(41)25(19-22)40-39-24-10-8-23(9-11-24)33(46)37-13-14-50-15-16-51-17-18-52-34-31(44)30(43)29(42)28(54-34)21-53-55(47,48)49/h7-12,19,26,28-31,34,38,41-44H,13-18,20-21H2,1-6H3,(H,37,46)(H2,47,48,49)/b40-39+/t26?,28?,29-,30?,31?,34+/m1/s1. The largest absolute Gasteiger partial charge is 0.506 e. The molecule has 1 saturated heterocycles. The summed E-state index contributed by atoms with van der Waals surface area (Å²) in [6, 6.07) is 11.0. The van der Waals surface area contributed by atoms with E-state index in [1.165, 1.54) is 6.07 Å². The van der Waals surface area contributed by atoms with Gasteiger partial charge < -0.3 is 59.8 Å². The Morgan fingerprint density at radius 3 is 2.13 bits per heavy atom. The third-order valence-electron chi connectivity index (χ3n) is 8.03. The van der Waals surface area contributed by atoms with E-state index >= 15 is 0 Å². The van der Waals surface area contributed by atoms with E-state index in [2.05, 4.69) is 25.4 Å². The van der Waals surface area contributed by atoms with Crippen molar-refractivity contribution < 1.29 is 67.8 Å². The summed E-state index contributed by atoms with van der Waals surface area (Å²) < 4.78 is 36.7. The minimum Gasteiger partial charge on any atom is -0.506 e. The lowest BCUT2D eigenvalue weighted by Crippen LogP contribution is -2.59. The Labute approximate surface area is 320 Å². The van der Waals surface area contributed by atoms with Crippen LogP contribution in [0.4, 0.5) is 11.4 Å². The van der Waals surface area contributed by atoms with Gasteiger partial charge in [0, 0.05) is 23.1 Å². The first-order chi connectivity index (χ1) is 25.6. The van der Waals surface area contributed by atoms with Crippen LogP contribution in [0.5, 0.6) is 5.75 Å². The normalized spacial score (nSPS) is 21.5. The van der Waals surface area contributed by atoms with Crippen molar-refractivity contribution in [2.24, 2.45) is 15.6 Å². The number of phenolic OH excluding ortho intramolecular Hbond substituents is 1. The van der Waals surface area contributed by atoms with E-state index in [1.807, 2.05) is 41.5 Å². The number of phosphoric acid groups is 1. The molecule has 1 amide bonds. The fraction of sp³-hybridized carbons (Fsp3) is 0.611. The second-order valence-corrected chi connectivity index (χ2v) is 16.2. The van der Waals surface area contributed by atoms with Gasteiger partial charge in [-0.05, 0) is 69.2 Å². The Hall–Kier alpha value is -3.23. The van der Waals surface area contributed by atoms with E-state index in [0.717, 1.165) is 5.56 Å². The van der Waals surface area contributed by atoms with E-state index < -0.39 is 56.6 Å². The highest BCUT2D eigenvalue weighted by molar-refractivity contribution is 7.46. The molecule has 0 aliphatic carbocycles. The smallest absolute Gasteiger partial charge is 0.469 e. The summed E-state index contributed by atoms with van der Waals surface area (Å²) in [4.78, 5) is 43.5. The highest BCUT2D eigenvalue weighted by atomic mass is 31.2. The van der Waals surface area contributed by atoms with Gasteiger partial charge in [-0.3, -0.25) is 14.1 Å². The van der Waals surface area contributed by atoms with Crippen LogP contribution >= 0.6 is 7.82 Å². The fourth-order valence-corrected chi connectivity index (χ4v) is 5.65. The van der Waals surface area contributed by atoms with Gasteiger partial charge in [-0.15, -0.1) is 5.11 Å². The molecule has 55 heavy (non-hydrogen) atoms. The monoisotopic (exact) mass is 798 g/mol. The average molecular weight is 799 g/mol. The summed E-state index contributed by atoms with van der Waals surface area (Å²) in [6.07, 6.45) is -7.34. The predicted octanol–water partition coefficient (Wildman–Crippen LogP) is 2.42. The fourth-order valence-electron chi connectivity index (χ4n) is 5.30. The van der Waals surface area contributed by atoms with Crippen molar-refractivity contribution in [3.63, 3.8) is 0 Å². The Morgan fingerprint density at radius 1 is 0.873 bits per heavy atom. The number of hydrogen-bond donors (Lipinski definition) is 8. The van der Waals surface area contributed by atoms with Crippen LogP contribution in [0.2, 0.25) is 0 Å². The topological polar surface area (TPSA) is 268 Å². The molecule has 1 fully saturated rings. The number of aromatic hydroxyl groups is 1. The van der Waals surface area contributed by atoms with Gasteiger partial charge in [0.2, 0.25) is 0 Å². The third-order valence-corrected chi connectivity index (χ3v) is 8.52. The number of ether oxygens (including phenoxy) is 4. The van der Waals surface area contributed by atoms with Gasteiger partial charge in [-0.1, -0.05) is 26.8 Å². The van der Waals surface area contributed by atoms with E-state index in [0.29, 0.717) is 17.7 Å². The molecule has 1 aliphatic rings. The van der Waals surface area contributed by atoms with E-state index in [4.69, 9.17) is 28.7 Å². The highest BCUT2D eigenvalue weighted by Gasteiger charge is 2.45. The van der Waals surface area contributed by atoms with Gasteiger partial charge in [0.25, 0.3) is 5.91 Å². The highest BCUT2D eigenvalue weighted by Crippen LogP contribution is 2.37. The molecule has 1 heterocycles. The summed E-state index contributed by atoms with van der Waals surface area (Å²) in [6.45, 7) is 11.7. The molecule has 4 unspecified atom stereocenters. The Morgan fingerprint density at radius 2 is 1.51 bits per heavy atom. The summed E-state index contributed by atoms with van der Waals surface area (Å²) in [7, 11) is -4.85. The number of Topliss-reactive ketones (excluding diaryl/α,β-unsaturated/α-hetero) is 1. The Kier molecular flexibility index (Phi) is 17.4. The SMILES string of the molecule is CC(C)(C)NC(Cc1ccc(O)c(/N=N/c2ccc(C(=O)NCCOCCOCCO[C@H]3OC(COP(=O)(O)O)[C@@H](O)C(O)C3O)cc2)c1)C(=O)C(C)(C)C. The Balaban J connectivity index is 1.36. The first-order valence-electron chi connectivity index (χ1n) is 17.8. The number of aliphatic hydroxyl groups is 3. The quantitative estimate of drug-likeness (QED) is 0.0543. The summed E-state index contributed by atoms with van der Waals surface area (Å²) >= 11 is 0. The number of carbonyl (C=O) groups excluding carboxylic acids is 2. The van der Waals surface area contributed by atoms with Crippen LogP contribution in [0.3, 0.4) is 0 Å². The van der Waals surface area contributed by atoms with E-state index in [9.17, 15) is 34.6 Å². The van der Waals surface area contributed by atoms with Gasteiger partial charge >= 0.3 is 7.82 Å². The molecule has 3 rings (SSSR count). The number of amides is 1. The number of rotatable bonds is 20. The van der Waals surface area contributed by atoms with Gasteiger partial charge in [0.1, 0.15) is 35.9 Å². The minimum atomic E-state index is -4.85. The second-order valence-electron chi connectivity index (χ2n) is 15.0. The molecule has 0 aromatic heterocycles. The number of phenols is 1. The molecule has 1 aliphatic heterocycles. The number of azo groups is 1. The average Bonchev–Trinajstić information content (AvgIpc) is 3.10. The molecule has 0 saturated carbocycles. The maximum atomic E-state index is 13.2. The van der Waals surface area contributed by atoms with Crippen LogP contribution in [0.25, 0.3) is 0 Å². The number of nitrogens with zero attached hydrogens (tertiary/aromatic N) is 2. The molecule has 2 aromatic rings. The van der Waals surface area contributed by atoms with Gasteiger partial charge in [0.15, 0.2) is 12.1 Å².